The Hall–Kier alpha value is -1.51. The SMILES string of the molecule is COC(=O)Cc1ccc([O-])cc1. The van der Waals surface area contributed by atoms with Crippen molar-refractivity contribution in [2.45, 2.75) is 6.42 Å². The molecule has 0 unspecified atom stereocenters. The second-order valence-corrected chi connectivity index (χ2v) is 2.40. The average molecular weight is 165 g/mol. The van der Waals surface area contributed by atoms with Gasteiger partial charge in [0.05, 0.1) is 13.5 Å². The lowest BCUT2D eigenvalue weighted by Gasteiger charge is -2.04. The van der Waals surface area contributed by atoms with Crippen molar-refractivity contribution in [1.29, 1.82) is 0 Å². The van der Waals surface area contributed by atoms with Crippen molar-refractivity contribution in [1.82, 2.24) is 0 Å². The summed E-state index contributed by atoms with van der Waals surface area (Å²) in [5.74, 6) is -0.350. The minimum atomic E-state index is -0.298. The molecule has 0 aliphatic heterocycles. The van der Waals surface area contributed by atoms with E-state index in [1.807, 2.05) is 0 Å². The maximum atomic E-state index is 10.8. The molecule has 0 spiro atoms. The van der Waals surface area contributed by atoms with Gasteiger partial charge in [0.25, 0.3) is 0 Å². The highest BCUT2D eigenvalue weighted by Crippen LogP contribution is 2.07. The van der Waals surface area contributed by atoms with Gasteiger partial charge in [-0.3, -0.25) is 4.79 Å². The molecule has 0 aliphatic rings. The molecule has 12 heavy (non-hydrogen) atoms. The van der Waals surface area contributed by atoms with Crippen LogP contribution in [0.5, 0.6) is 5.75 Å². The first-order chi connectivity index (χ1) is 5.72. The zero-order chi connectivity index (χ0) is 8.97. The third-order valence-corrected chi connectivity index (χ3v) is 1.50. The molecular weight excluding hydrogens is 156 g/mol. The summed E-state index contributed by atoms with van der Waals surface area (Å²) in [5.41, 5.74) is 0.793. The Morgan fingerprint density at radius 2 is 2.00 bits per heavy atom. The maximum Gasteiger partial charge on any atom is 0.309 e. The van der Waals surface area contributed by atoms with Gasteiger partial charge in [0.1, 0.15) is 0 Å². The Kier molecular flexibility index (Phi) is 2.69. The number of benzene rings is 1. The van der Waals surface area contributed by atoms with Crippen LogP contribution in [0.15, 0.2) is 24.3 Å². The van der Waals surface area contributed by atoms with Crippen LogP contribution >= 0.6 is 0 Å². The number of carbonyl (C=O) groups is 1. The van der Waals surface area contributed by atoms with Crippen LogP contribution in [-0.4, -0.2) is 13.1 Å². The predicted molar refractivity (Wildman–Crippen MR) is 41.6 cm³/mol. The summed E-state index contributed by atoms with van der Waals surface area (Å²) in [7, 11) is 1.34. The largest absolute Gasteiger partial charge is 0.872 e. The van der Waals surface area contributed by atoms with Crippen molar-refractivity contribution in [2.75, 3.05) is 7.11 Å². The van der Waals surface area contributed by atoms with Gasteiger partial charge in [-0.15, -0.1) is 5.75 Å². The standard InChI is InChI=1S/C9H10O3/c1-12-9(11)6-7-2-4-8(10)5-3-7/h2-5,10H,6H2,1H3/p-1. The summed E-state index contributed by atoms with van der Waals surface area (Å²) in [5, 5.41) is 10.7. The van der Waals surface area contributed by atoms with E-state index in [1.54, 1.807) is 12.1 Å². The van der Waals surface area contributed by atoms with Gasteiger partial charge in [-0.25, -0.2) is 0 Å². The molecule has 64 valence electrons. The second-order valence-electron chi connectivity index (χ2n) is 2.40. The van der Waals surface area contributed by atoms with E-state index in [9.17, 15) is 9.90 Å². The first kappa shape index (κ1) is 8.59. The zero-order valence-electron chi connectivity index (χ0n) is 6.74. The fourth-order valence-corrected chi connectivity index (χ4v) is 0.846. The minimum Gasteiger partial charge on any atom is -0.872 e. The highest BCUT2D eigenvalue weighted by atomic mass is 16.5. The number of rotatable bonds is 2. The van der Waals surface area contributed by atoms with Crippen LogP contribution in [0, 0.1) is 0 Å². The lowest BCUT2D eigenvalue weighted by atomic mass is 10.1. The van der Waals surface area contributed by atoms with Crippen LogP contribution in [0.3, 0.4) is 0 Å². The third kappa shape index (κ3) is 2.27. The molecule has 0 heterocycles. The molecule has 0 saturated carbocycles. The van der Waals surface area contributed by atoms with Gasteiger partial charge in [-0.05, 0) is 5.56 Å². The highest BCUT2D eigenvalue weighted by Gasteiger charge is 2.00. The van der Waals surface area contributed by atoms with Crippen LogP contribution in [0.4, 0.5) is 0 Å². The summed E-state index contributed by atoms with van der Waals surface area (Å²) in [4.78, 5) is 10.8. The van der Waals surface area contributed by atoms with Crippen LogP contribution in [0.1, 0.15) is 5.56 Å². The summed E-state index contributed by atoms with van der Waals surface area (Å²) in [6.45, 7) is 0. The number of ether oxygens (including phenoxy) is 1. The zero-order valence-corrected chi connectivity index (χ0v) is 6.74. The Bertz CT molecular complexity index is 264. The molecule has 0 fully saturated rings. The van der Waals surface area contributed by atoms with Gasteiger partial charge in [0, 0.05) is 0 Å². The predicted octanol–water partition coefficient (Wildman–Crippen LogP) is 0.476. The topological polar surface area (TPSA) is 49.4 Å². The van der Waals surface area contributed by atoms with Crippen molar-refractivity contribution in [3.8, 4) is 5.75 Å². The normalized spacial score (nSPS) is 9.42. The van der Waals surface area contributed by atoms with Gasteiger partial charge < -0.3 is 9.84 Å². The molecule has 1 rings (SSSR count). The quantitative estimate of drug-likeness (QED) is 0.599. The Labute approximate surface area is 70.6 Å². The molecule has 0 N–H and O–H groups in total. The van der Waals surface area contributed by atoms with Crippen molar-refractivity contribution in [2.24, 2.45) is 0 Å². The number of carbonyl (C=O) groups excluding carboxylic acids is 1. The third-order valence-electron chi connectivity index (χ3n) is 1.50. The van der Waals surface area contributed by atoms with Crippen molar-refractivity contribution < 1.29 is 14.6 Å². The first-order valence-electron chi connectivity index (χ1n) is 3.55. The molecule has 0 amide bonds. The van der Waals surface area contributed by atoms with Crippen LogP contribution in [0.25, 0.3) is 0 Å². The molecule has 0 saturated heterocycles. The first-order valence-corrected chi connectivity index (χ1v) is 3.55. The van der Waals surface area contributed by atoms with Crippen LogP contribution < -0.4 is 5.11 Å². The summed E-state index contributed by atoms with van der Waals surface area (Å²) in [6, 6.07) is 6.11. The van der Waals surface area contributed by atoms with Crippen molar-refractivity contribution >= 4 is 5.97 Å². The van der Waals surface area contributed by atoms with E-state index >= 15 is 0 Å². The number of hydrogen-bond acceptors (Lipinski definition) is 3. The van der Waals surface area contributed by atoms with Gasteiger partial charge >= 0.3 is 5.97 Å². The van der Waals surface area contributed by atoms with Crippen LogP contribution in [0.2, 0.25) is 0 Å². The van der Waals surface area contributed by atoms with E-state index in [0.29, 0.717) is 0 Å². The van der Waals surface area contributed by atoms with Gasteiger partial charge in [-0.2, -0.15) is 0 Å². The van der Waals surface area contributed by atoms with Crippen molar-refractivity contribution in [3.63, 3.8) is 0 Å². The van der Waals surface area contributed by atoms with E-state index in [1.165, 1.54) is 19.2 Å². The van der Waals surface area contributed by atoms with Gasteiger partial charge in [0.15, 0.2) is 0 Å². The van der Waals surface area contributed by atoms with Crippen molar-refractivity contribution in [3.05, 3.63) is 29.8 Å². The fourth-order valence-electron chi connectivity index (χ4n) is 0.846. The second kappa shape index (κ2) is 3.76. The molecule has 1 aromatic rings. The van der Waals surface area contributed by atoms with Gasteiger partial charge in [0.2, 0.25) is 0 Å². The Balaban J connectivity index is 2.64. The fraction of sp³-hybridized carbons (Fsp3) is 0.222. The smallest absolute Gasteiger partial charge is 0.309 e. The summed E-state index contributed by atoms with van der Waals surface area (Å²) in [6.07, 6.45) is 0.219. The van der Waals surface area contributed by atoms with E-state index in [0.717, 1.165) is 5.56 Å². The Morgan fingerprint density at radius 3 is 2.50 bits per heavy atom. The molecular formula is C9H9O3-. The minimum absolute atomic E-state index is 0.0522. The lowest BCUT2D eigenvalue weighted by Crippen LogP contribution is -2.04. The Morgan fingerprint density at radius 1 is 1.42 bits per heavy atom. The molecule has 0 aromatic heterocycles. The van der Waals surface area contributed by atoms with Gasteiger partial charge in [-0.1, -0.05) is 24.3 Å². The van der Waals surface area contributed by atoms with E-state index in [2.05, 4.69) is 4.74 Å². The number of methoxy groups -OCH3 is 1. The van der Waals surface area contributed by atoms with Crippen LogP contribution in [-0.2, 0) is 16.0 Å². The number of hydrogen-bond donors (Lipinski definition) is 0. The molecule has 0 bridgehead atoms. The van der Waals surface area contributed by atoms with E-state index in [-0.39, 0.29) is 18.1 Å². The maximum absolute atomic E-state index is 10.8. The lowest BCUT2D eigenvalue weighted by molar-refractivity contribution is -0.268. The molecule has 0 aliphatic carbocycles. The molecule has 0 atom stereocenters. The molecule has 3 nitrogen and oxygen atoms in total. The molecule has 3 heteroatoms. The molecule has 1 aromatic carbocycles. The average Bonchev–Trinajstić information content (AvgIpc) is 2.09. The molecule has 0 radical (unpaired) electrons. The highest BCUT2D eigenvalue weighted by molar-refractivity contribution is 5.72. The summed E-state index contributed by atoms with van der Waals surface area (Å²) < 4.78 is 4.47. The summed E-state index contributed by atoms with van der Waals surface area (Å²) >= 11 is 0. The number of esters is 1. The monoisotopic (exact) mass is 165 g/mol. The van der Waals surface area contributed by atoms with E-state index in [4.69, 9.17) is 0 Å². The van der Waals surface area contributed by atoms with E-state index < -0.39 is 0 Å².